The minimum atomic E-state index is -0.306. The maximum absolute atomic E-state index is 12.4. The largest absolute Gasteiger partial charge is 0.497 e. The highest BCUT2D eigenvalue weighted by atomic mass is 16.5. The first-order valence-electron chi connectivity index (χ1n) is 8.63. The summed E-state index contributed by atoms with van der Waals surface area (Å²) in [5, 5.41) is 3.17. The van der Waals surface area contributed by atoms with Gasteiger partial charge in [0.05, 0.1) is 27.2 Å². The number of ether oxygens (including phenoxy) is 2. The van der Waals surface area contributed by atoms with Crippen LogP contribution in [0.25, 0.3) is 0 Å². The van der Waals surface area contributed by atoms with Crippen LogP contribution in [0.1, 0.15) is 17.5 Å². The fraction of sp³-hybridized carbons (Fsp3) is 0.238. The van der Waals surface area contributed by atoms with Gasteiger partial charge in [0.15, 0.2) is 0 Å². The van der Waals surface area contributed by atoms with Gasteiger partial charge in [0.1, 0.15) is 11.5 Å². The number of hydrogen-bond acceptors (Lipinski definition) is 5. The molecule has 0 aliphatic carbocycles. The molecule has 0 aromatic heterocycles. The van der Waals surface area contributed by atoms with Crippen molar-refractivity contribution in [3.63, 3.8) is 0 Å². The van der Waals surface area contributed by atoms with Crippen LogP contribution in [0.2, 0.25) is 0 Å². The molecule has 0 fully saturated rings. The Bertz CT molecular complexity index is 841. The Morgan fingerprint density at radius 1 is 0.889 bits per heavy atom. The van der Waals surface area contributed by atoms with Crippen LogP contribution in [0.4, 0.5) is 0 Å². The molecule has 2 aromatic carbocycles. The van der Waals surface area contributed by atoms with Crippen molar-refractivity contribution in [2.45, 2.75) is 19.5 Å². The van der Waals surface area contributed by atoms with Crippen molar-refractivity contribution in [2.24, 2.45) is 0 Å². The van der Waals surface area contributed by atoms with Crippen molar-refractivity contribution in [1.29, 1.82) is 0 Å². The maximum atomic E-state index is 12.4. The molecule has 1 aliphatic rings. The minimum absolute atomic E-state index is 0.179. The van der Waals surface area contributed by atoms with Gasteiger partial charge in [-0.25, -0.2) is 0 Å². The topological polar surface area (TPSA) is 67.9 Å². The third-order valence-electron chi connectivity index (χ3n) is 4.38. The summed E-state index contributed by atoms with van der Waals surface area (Å²) in [5.41, 5.74) is 2.55. The predicted octanol–water partition coefficient (Wildman–Crippen LogP) is 2.64. The number of rotatable bonds is 7. The lowest BCUT2D eigenvalue weighted by Crippen LogP contribution is -2.40. The Hall–Kier alpha value is -3.28. The summed E-state index contributed by atoms with van der Waals surface area (Å²) in [6, 6.07) is 14.9. The van der Waals surface area contributed by atoms with Crippen molar-refractivity contribution in [3.8, 4) is 11.5 Å². The highest BCUT2D eigenvalue weighted by Crippen LogP contribution is 2.18. The number of methoxy groups -OCH3 is 2. The molecule has 6 heteroatoms. The highest BCUT2D eigenvalue weighted by Gasteiger charge is 2.26. The molecule has 3 rings (SSSR count). The molecule has 0 bridgehead atoms. The van der Waals surface area contributed by atoms with Crippen LogP contribution in [0.15, 0.2) is 60.3 Å². The summed E-state index contributed by atoms with van der Waals surface area (Å²) < 4.78 is 10.3. The smallest absolute Gasteiger partial charge is 0.255 e. The van der Waals surface area contributed by atoms with E-state index in [0.717, 1.165) is 22.6 Å². The molecule has 0 atom stereocenters. The van der Waals surface area contributed by atoms with Crippen LogP contribution < -0.4 is 14.8 Å². The van der Waals surface area contributed by atoms with E-state index in [2.05, 4.69) is 5.32 Å². The Kier molecular flexibility index (Phi) is 5.76. The summed E-state index contributed by atoms with van der Waals surface area (Å²) in [7, 11) is 3.22. The zero-order chi connectivity index (χ0) is 19.2. The second-order valence-electron chi connectivity index (χ2n) is 6.21. The summed E-state index contributed by atoms with van der Waals surface area (Å²) in [5.74, 6) is 1.00. The minimum Gasteiger partial charge on any atom is -0.497 e. The van der Waals surface area contributed by atoms with Gasteiger partial charge in [-0.1, -0.05) is 24.3 Å². The lowest BCUT2D eigenvalue weighted by molar-refractivity contribution is -0.143. The Morgan fingerprint density at radius 2 is 1.44 bits per heavy atom. The van der Waals surface area contributed by atoms with Gasteiger partial charge in [-0.05, 0) is 35.4 Å². The highest BCUT2D eigenvalue weighted by molar-refractivity contribution is 6.04. The Morgan fingerprint density at radius 3 is 1.96 bits per heavy atom. The van der Waals surface area contributed by atoms with Gasteiger partial charge < -0.3 is 14.8 Å². The molecule has 0 saturated carbocycles. The van der Waals surface area contributed by atoms with Gasteiger partial charge in [0.2, 0.25) is 5.91 Å². The van der Waals surface area contributed by atoms with E-state index in [1.165, 1.54) is 11.0 Å². The number of nitrogens with one attached hydrogen (secondary N) is 1. The third-order valence-corrected chi connectivity index (χ3v) is 4.38. The molecule has 1 aliphatic heterocycles. The fourth-order valence-electron chi connectivity index (χ4n) is 2.81. The second-order valence-corrected chi connectivity index (χ2v) is 6.21. The van der Waals surface area contributed by atoms with Crippen LogP contribution in [0, 0.1) is 0 Å². The van der Waals surface area contributed by atoms with E-state index in [4.69, 9.17) is 9.47 Å². The molecule has 1 heterocycles. The first kappa shape index (κ1) is 18.5. The number of hydrogen-bond donors (Lipinski definition) is 1. The zero-order valence-corrected chi connectivity index (χ0v) is 15.4. The van der Waals surface area contributed by atoms with Crippen molar-refractivity contribution in [1.82, 2.24) is 10.2 Å². The van der Waals surface area contributed by atoms with Gasteiger partial charge >= 0.3 is 0 Å². The molecule has 2 amide bonds. The standard InChI is InChI=1S/C21H22N2O4/c1-26-18-7-3-15(4-8-18)13-22-17-11-20(24)23(21(25)12-17)14-16-5-9-19(27-2)10-6-16/h3-11,22H,12-14H2,1-2H3. The number of nitrogens with zero attached hydrogens (tertiary/aromatic N) is 1. The van der Waals surface area contributed by atoms with Gasteiger partial charge in [0, 0.05) is 18.3 Å². The van der Waals surface area contributed by atoms with Crippen molar-refractivity contribution in [3.05, 3.63) is 71.4 Å². The first-order valence-corrected chi connectivity index (χ1v) is 8.63. The molecule has 27 heavy (non-hydrogen) atoms. The van der Waals surface area contributed by atoms with Crippen molar-refractivity contribution < 1.29 is 19.1 Å². The quantitative estimate of drug-likeness (QED) is 0.763. The average Bonchev–Trinajstić information content (AvgIpc) is 2.70. The summed E-state index contributed by atoms with van der Waals surface area (Å²) in [6.07, 6.45) is 1.67. The van der Waals surface area contributed by atoms with Gasteiger partial charge in [-0.3, -0.25) is 14.5 Å². The van der Waals surface area contributed by atoms with E-state index in [-0.39, 0.29) is 24.8 Å². The van der Waals surface area contributed by atoms with Crippen molar-refractivity contribution >= 4 is 11.8 Å². The van der Waals surface area contributed by atoms with E-state index in [1.807, 2.05) is 48.5 Å². The maximum Gasteiger partial charge on any atom is 0.255 e. The number of benzene rings is 2. The van der Waals surface area contributed by atoms with E-state index in [0.29, 0.717) is 12.2 Å². The summed E-state index contributed by atoms with van der Waals surface area (Å²) >= 11 is 0. The molecule has 140 valence electrons. The average molecular weight is 366 g/mol. The second kappa shape index (κ2) is 8.40. The lowest BCUT2D eigenvalue weighted by Gasteiger charge is -2.25. The van der Waals surface area contributed by atoms with Gasteiger partial charge in [-0.2, -0.15) is 0 Å². The molecular formula is C21H22N2O4. The Balaban J connectivity index is 1.60. The molecule has 0 unspecified atom stereocenters. The van der Waals surface area contributed by atoms with E-state index < -0.39 is 0 Å². The molecule has 0 spiro atoms. The Labute approximate surface area is 158 Å². The zero-order valence-electron chi connectivity index (χ0n) is 15.4. The molecule has 6 nitrogen and oxygen atoms in total. The molecule has 1 N–H and O–H groups in total. The van der Waals surface area contributed by atoms with Crippen LogP contribution in [0.5, 0.6) is 11.5 Å². The van der Waals surface area contributed by atoms with Crippen LogP contribution in [-0.4, -0.2) is 30.9 Å². The lowest BCUT2D eigenvalue weighted by atomic mass is 10.1. The SMILES string of the molecule is COc1ccc(CNC2=CC(=O)N(Cc3ccc(OC)cc3)C(=O)C2)cc1. The fourth-order valence-corrected chi connectivity index (χ4v) is 2.81. The van der Waals surface area contributed by atoms with Gasteiger partial charge in [0.25, 0.3) is 5.91 Å². The van der Waals surface area contributed by atoms with Crippen molar-refractivity contribution in [2.75, 3.05) is 14.2 Å². The normalized spacial score (nSPS) is 14.0. The summed E-state index contributed by atoms with van der Waals surface area (Å²) in [4.78, 5) is 26.1. The number of imide groups is 1. The monoisotopic (exact) mass is 366 g/mol. The number of carbonyl (C=O) groups is 2. The first-order chi connectivity index (χ1) is 13.1. The number of amides is 2. The molecular weight excluding hydrogens is 344 g/mol. The summed E-state index contributed by atoms with van der Waals surface area (Å²) in [6.45, 7) is 0.790. The molecule has 0 saturated heterocycles. The molecule has 2 aromatic rings. The van der Waals surface area contributed by atoms with E-state index in [9.17, 15) is 9.59 Å². The number of carbonyl (C=O) groups excluding carboxylic acids is 2. The van der Waals surface area contributed by atoms with E-state index in [1.54, 1.807) is 14.2 Å². The predicted molar refractivity (Wildman–Crippen MR) is 101 cm³/mol. The van der Waals surface area contributed by atoms with Crippen LogP contribution in [0.3, 0.4) is 0 Å². The van der Waals surface area contributed by atoms with Crippen LogP contribution >= 0.6 is 0 Å². The van der Waals surface area contributed by atoms with Gasteiger partial charge in [-0.15, -0.1) is 0 Å². The third kappa shape index (κ3) is 4.67. The van der Waals surface area contributed by atoms with E-state index >= 15 is 0 Å². The van der Waals surface area contributed by atoms with Crippen LogP contribution in [-0.2, 0) is 22.7 Å². The molecule has 0 radical (unpaired) electrons.